The van der Waals surface area contributed by atoms with E-state index >= 15 is 0 Å². The summed E-state index contributed by atoms with van der Waals surface area (Å²) < 4.78 is 55.1. The van der Waals surface area contributed by atoms with E-state index in [0.29, 0.717) is 42.1 Å². The number of esters is 1. The number of hydrogen-bond acceptors (Lipinski definition) is 6. The second-order valence-corrected chi connectivity index (χ2v) is 7.84. The van der Waals surface area contributed by atoms with Gasteiger partial charge in [-0.25, -0.2) is 4.79 Å². The van der Waals surface area contributed by atoms with Gasteiger partial charge in [0.1, 0.15) is 0 Å². The van der Waals surface area contributed by atoms with Crippen LogP contribution >= 0.6 is 0 Å². The second kappa shape index (κ2) is 9.32. The van der Waals surface area contributed by atoms with Crippen molar-refractivity contribution >= 4 is 11.9 Å². The third kappa shape index (κ3) is 5.23. The Labute approximate surface area is 188 Å². The van der Waals surface area contributed by atoms with Gasteiger partial charge in [0.2, 0.25) is 12.7 Å². The Morgan fingerprint density at radius 3 is 2.76 bits per heavy atom. The molecule has 0 radical (unpaired) electrons. The molecule has 8 nitrogen and oxygen atoms in total. The first-order valence-corrected chi connectivity index (χ1v) is 10.7. The predicted octanol–water partition coefficient (Wildman–Crippen LogP) is 3.26. The molecule has 4 rings (SSSR count). The van der Waals surface area contributed by atoms with E-state index in [2.05, 4.69) is 5.10 Å². The van der Waals surface area contributed by atoms with E-state index in [1.54, 1.807) is 17.9 Å². The smallest absolute Gasteiger partial charge is 0.390 e. The van der Waals surface area contributed by atoms with Gasteiger partial charge in [0.15, 0.2) is 17.2 Å². The Morgan fingerprint density at radius 1 is 1.21 bits per heavy atom. The average Bonchev–Trinajstić information content (AvgIpc) is 3.39. The van der Waals surface area contributed by atoms with Crippen LogP contribution in [0.4, 0.5) is 13.2 Å². The fourth-order valence-electron chi connectivity index (χ4n) is 3.99. The van der Waals surface area contributed by atoms with Crippen LogP contribution < -0.4 is 9.47 Å². The van der Waals surface area contributed by atoms with Crippen molar-refractivity contribution in [1.82, 2.24) is 14.7 Å². The zero-order chi connectivity index (χ0) is 23.6. The largest absolute Gasteiger partial charge is 0.461 e. The lowest BCUT2D eigenvalue weighted by Gasteiger charge is -2.28. The molecule has 1 aromatic heterocycles. The standard InChI is InChI=1S/C22H24F3N3O5/c1-2-31-21(30)20-15-12-27(9-7-16(15)28(26-20)10-8-22(23,24)25)19(29)6-4-14-3-5-17-18(11-14)33-13-32-17/h3,5,11H,2,4,6-10,12-13H2,1H3. The van der Waals surface area contributed by atoms with Gasteiger partial charge >= 0.3 is 12.1 Å². The number of hydrogen-bond donors (Lipinski definition) is 0. The summed E-state index contributed by atoms with van der Waals surface area (Å²) in [5, 5.41) is 4.11. The highest BCUT2D eigenvalue weighted by Crippen LogP contribution is 2.33. The van der Waals surface area contributed by atoms with Crippen molar-refractivity contribution in [2.75, 3.05) is 19.9 Å². The monoisotopic (exact) mass is 467 g/mol. The lowest BCUT2D eigenvalue weighted by Crippen LogP contribution is -2.37. The number of amides is 1. The molecule has 178 valence electrons. The van der Waals surface area contributed by atoms with Crippen LogP contribution in [0, 0.1) is 0 Å². The molecule has 2 aromatic rings. The fraction of sp³-hybridized carbons (Fsp3) is 0.500. The van der Waals surface area contributed by atoms with E-state index in [1.165, 1.54) is 4.68 Å². The lowest BCUT2D eigenvalue weighted by molar-refractivity contribution is -0.137. The number of benzene rings is 1. The average molecular weight is 467 g/mol. The number of carbonyl (C=O) groups is 2. The van der Waals surface area contributed by atoms with Crippen molar-refractivity contribution in [3.05, 3.63) is 40.7 Å². The van der Waals surface area contributed by atoms with E-state index in [-0.39, 0.29) is 44.5 Å². The van der Waals surface area contributed by atoms with Crippen LogP contribution in [0.5, 0.6) is 11.5 Å². The highest BCUT2D eigenvalue weighted by Gasteiger charge is 2.33. The number of halogens is 3. The minimum atomic E-state index is -4.34. The molecule has 0 spiro atoms. The number of aromatic nitrogens is 2. The van der Waals surface area contributed by atoms with Crippen molar-refractivity contribution in [2.45, 2.75) is 51.9 Å². The first-order valence-electron chi connectivity index (χ1n) is 10.7. The lowest BCUT2D eigenvalue weighted by atomic mass is 10.0. The third-order valence-electron chi connectivity index (χ3n) is 5.63. The van der Waals surface area contributed by atoms with Gasteiger partial charge in [0.05, 0.1) is 13.0 Å². The topological polar surface area (TPSA) is 82.9 Å². The first-order chi connectivity index (χ1) is 15.7. The molecule has 1 aromatic carbocycles. The summed E-state index contributed by atoms with van der Waals surface area (Å²) in [7, 11) is 0. The van der Waals surface area contributed by atoms with Gasteiger partial charge in [0.25, 0.3) is 0 Å². The van der Waals surface area contributed by atoms with E-state index in [9.17, 15) is 22.8 Å². The van der Waals surface area contributed by atoms with Gasteiger partial charge in [-0.05, 0) is 31.0 Å². The summed E-state index contributed by atoms with van der Waals surface area (Å²) >= 11 is 0. The minimum Gasteiger partial charge on any atom is -0.461 e. The maximum atomic E-state index is 12.9. The van der Waals surface area contributed by atoms with E-state index in [0.717, 1.165) is 5.56 Å². The zero-order valence-corrected chi connectivity index (χ0v) is 18.1. The maximum absolute atomic E-state index is 12.9. The van der Waals surface area contributed by atoms with E-state index in [1.807, 2.05) is 12.1 Å². The molecule has 0 fully saturated rings. The molecular formula is C22H24F3N3O5. The maximum Gasteiger partial charge on any atom is 0.390 e. The highest BCUT2D eigenvalue weighted by atomic mass is 19.4. The van der Waals surface area contributed by atoms with Crippen LogP contribution in [0.25, 0.3) is 0 Å². The van der Waals surface area contributed by atoms with E-state index < -0.39 is 18.6 Å². The quantitative estimate of drug-likeness (QED) is 0.582. The van der Waals surface area contributed by atoms with Crippen LogP contribution in [-0.2, 0) is 35.5 Å². The number of fused-ring (bicyclic) bond motifs is 2. The van der Waals surface area contributed by atoms with Crippen molar-refractivity contribution < 1.29 is 37.0 Å². The van der Waals surface area contributed by atoms with Crippen LogP contribution in [0.1, 0.15) is 47.1 Å². The summed E-state index contributed by atoms with van der Waals surface area (Å²) in [5.41, 5.74) is 1.90. The fourth-order valence-corrected chi connectivity index (χ4v) is 3.99. The molecule has 0 bridgehead atoms. The summed E-state index contributed by atoms with van der Waals surface area (Å²) in [6.07, 6.45) is -4.34. The molecule has 0 aliphatic carbocycles. The summed E-state index contributed by atoms with van der Waals surface area (Å²) in [5.74, 6) is 0.501. The Bertz CT molecular complexity index is 1050. The number of carbonyl (C=O) groups excluding carboxylic acids is 2. The predicted molar refractivity (Wildman–Crippen MR) is 109 cm³/mol. The molecule has 0 N–H and O–H groups in total. The molecule has 0 saturated carbocycles. The molecule has 11 heteroatoms. The highest BCUT2D eigenvalue weighted by molar-refractivity contribution is 5.89. The summed E-state index contributed by atoms with van der Waals surface area (Å²) in [6.45, 7) is 1.98. The molecule has 1 amide bonds. The second-order valence-electron chi connectivity index (χ2n) is 7.84. The van der Waals surface area contributed by atoms with Gasteiger partial charge in [-0.15, -0.1) is 0 Å². The Hall–Kier alpha value is -3.24. The molecule has 0 saturated heterocycles. The molecular weight excluding hydrogens is 443 g/mol. The Morgan fingerprint density at radius 2 is 2.00 bits per heavy atom. The Kier molecular flexibility index (Phi) is 6.48. The molecule has 2 aliphatic rings. The molecule has 0 unspecified atom stereocenters. The number of nitrogens with zero attached hydrogens (tertiary/aromatic N) is 3. The first kappa shape index (κ1) is 22.9. The van der Waals surface area contributed by atoms with Crippen LogP contribution in [0.3, 0.4) is 0 Å². The van der Waals surface area contributed by atoms with Crippen molar-refractivity contribution in [3.63, 3.8) is 0 Å². The molecule has 0 atom stereocenters. The van der Waals surface area contributed by atoms with Crippen molar-refractivity contribution in [1.29, 1.82) is 0 Å². The zero-order valence-electron chi connectivity index (χ0n) is 18.1. The Balaban J connectivity index is 1.46. The van der Waals surface area contributed by atoms with Gasteiger partial charge in [-0.3, -0.25) is 9.48 Å². The molecule has 3 heterocycles. The van der Waals surface area contributed by atoms with Crippen LogP contribution in [0.2, 0.25) is 0 Å². The van der Waals surface area contributed by atoms with Crippen LogP contribution in [-0.4, -0.2) is 52.7 Å². The van der Waals surface area contributed by atoms with Gasteiger partial charge < -0.3 is 19.1 Å². The summed E-state index contributed by atoms with van der Waals surface area (Å²) in [4.78, 5) is 26.8. The van der Waals surface area contributed by atoms with Gasteiger partial charge in [0, 0.05) is 43.7 Å². The van der Waals surface area contributed by atoms with Gasteiger partial charge in [-0.1, -0.05) is 6.07 Å². The van der Waals surface area contributed by atoms with Crippen molar-refractivity contribution in [2.24, 2.45) is 0 Å². The minimum absolute atomic E-state index is 0.0257. The number of alkyl halides is 3. The van der Waals surface area contributed by atoms with Crippen molar-refractivity contribution in [3.8, 4) is 11.5 Å². The van der Waals surface area contributed by atoms with E-state index in [4.69, 9.17) is 14.2 Å². The summed E-state index contributed by atoms with van der Waals surface area (Å²) in [6, 6.07) is 5.52. The number of rotatable bonds is 7. The SMILES string of the molecule is CCOC(=O)c1nn(CCC(F)(F)F)c2c1CN(C(=O)CCc1ccc3c(c1)OCO3)CC2. The number of ether oxygens (including phenoxy) is 3. The number of aryl methyl sites for hydroxylation is 2. The van der Waals surface area contributed by atoms with Crippen LogP contribution in [0.15, 0.2) is 18.2 Å². The third-order valence-corrected chi connectivity index (χ3v) is 5.63. The molecule has 33 heavy (non-hydrogen) atoms. The normalized spacial score (nSPS) is 14.8. The molecule has 2 aliphatic heterocycles. The van der Waals surface area contributed by atoms with Gasteiger partial charge in [-0.2, -0.15) is 18.3 Å².